The Morgan fingerprint density at radius 1 is 1.04 bits per heavy atom. The number of rotatable bonds is 6. The first-order chi connectivity index (χ1) is 12.3. The van der Waals surface area contributed by atoms with Crippen LogP contribution >= 0.6 is 15.9 Å². The lowest BCUT2D eigenvalue weighted by Crippen LogP contribution is -2.44. The van der Waals surface area contributed by atoms with E-state index < -0.39 is 6.04 Å². The largest absolute Gasteiger partial charge is 0.340 e. The molecule has 5 heteroatoms. The molecule has 2 aromatic rings. The highest BCUT2D eigenvalue weighted by Gasteiger charge is 2.23. The summed E-state index contributed by atoms with van der Waals surface area (Å²) in [6.45, 7) is 7.89. The quantitative estimate of drug-likeness (QED) is 0.706. The molecule has 2 rings (SSSR count). The molecule has 0 radical (unpaired) electrons. The number of nitrogens with one attached hydrogen (secondary N) is 2. The van der Waals surface area contributed by atoms with Gasteiger partial charge in [0, 0.05) is 15.7 Å². The monoisotopic (exact) mass is 416 g/mol. The maximum Gasteiger partial charge on any atom is 0.252 e. The second-order valence-corrected chi connectivity index (χ2v) is 7.83. The fraction of sp³-hybridized carbons (Fsp3) is 0.333. The smallest absolute Gasteiger partial charge is 0.252 e. The predicted molar refractivity (Wildman–Crippen MR) is 109 cm³/mol. The van der Waals surface area contributed by atoms with Crippen LogP contribution in [0.5, 0.6) is 0 Å². The number of benzene rings is 2. The molecule has 0 aliphatic rings. The Bertz CT molecular complexity index is 802. The lowest BCUT2D eigenvalue weighted by atomic mass is 10.0. The molecule has 1 atom stereocenters. The van der Waals surface area contributed by atoms with Gasteiger partial charge in [-0.15, -0.1) is 0 Å². The van der Waals surface area contributed by atoms with Crippen molar-refractivity contribution in [1.82, 2.24) is 5.32 Å². The van der Waals surface area contributed by atoms with Crippen LogP contribution in [0.4, 0.5) is 5.69 Å². The zero-order valence-corrected chi connectivity index (χ0v) is 17.2. The van der Waals surface area contributed by atoms with E-state index >= 15 is 0 Å². The van der Waals surface area contributed by atoms with E-state index in [0.717, 1.165) is 21.3 Å². The van der Waals surface area contributed by atoms with Gasteiger partial charge in [0.25, 0.3) is 5.91 Å². The van der Waals surface area contributed by atoms with E-state index in [1.165, 1.54) is 0 Å². The van der Waals surface area contributed by atoms with E-state index in [2.05, 4.69) is 26.6 Å². The molecule has 0 heterocycles. The van der Waals surface area contributed by atoms with Gasteiger partial charge in [0.1, 0.15) is 6.04 Å². The third kappa shape index (κ3) is 5.43. The Morgan fingerprint density at radius 3 is 2.35 bits per heavy atom. The minimum Gasteiger partial charge on any atom is -0.340 e. The number of carbonyl (C=O) groups excluding carboxylic acids is 2. The van der Waals surface area contributed by atoms with E-state index in [1.807, 2.05) is 64.1 Å². The van der Waals surface area contributed by atoms with Crippen LogP contribution in [0.25, 0.3) is 0 Å². The fourth-order valence-corrected chi connectivity index (χ4v) is 3.23. The second kappa shape index (κ2) is 8.99. The predicted octanol–water partition coefficient (Wildman–Crippen LogP) is 4.85. The van der Waals surface area contributed by atoms with Crippen molar-refractivity contribution in [2.75, 3.05) is 5.32 Å². The van der Waals surface area contributed by atoms with E-state index in [0.29, 0.717) is 12.0 Å². The summed E-state index contributed by atoms with van der Waals surface area (Å²) in [4.78, 5) is 25.4. The molecule has 0 spiro atoms. The van der Waals surface area contributed by atoms with Gasteiger partial charge in [-0.1, -0.05) is 48.0 Å². The average molecular weight is 417 g/mol. The number of halogens is 1. The Balaban J connectivity index is 2.16. The molecule has 0 aromatic heterocycles. The van der Waals surface area contributed by atoms with Crippen molar-refractivity contribution < 1.29 is 9.59 Å². The molecule has 0 bridgehead atoms. The normalized spacial score (nSPS) is 11.9. The van der Waals surface area contributed by atoms with Gasteiger partial charge in [-0.05, 0) is 61.6 Å². The number of anilines is 1. The SMILES string of the molecule is Cc1cc(Br)ccc1NC(=O)C(CC(C)C)NC(=O)c1ccccc1C. The van der Waals surface area contributed by atoms with Gasteiger partial charge in [0.2, 0.25) is 5.91 Å². The summed E-state index contributed by atoms with van der Waals surface area (Å²) >= 11 is 3.42. The van der Waals surface area contributed by atoms with E-state index in [1.54, 1.807) is 6.07 Å². The molecular formula is C21H25BrN2O2. The highest BCUT2D eigenvalue weighted by molar-refractivity contribution is 9.10. The Morgan fingerprint density at radius 2 is 1.73 bits per heavy atom. The Labute approximate surface area is 163 Å². The lowest BCUT2D eigenvalue weighted by Gasteiger charge is -2.21. The van der Waals surface area contributed by atoms with Crippen molar-refractivity contribution in [2.45, 2.75) is 40.2 Å². The van der Waals surface area contributed by atoms with Crippen molar-refractivity contribution in [2.24, 2.45) is 5.92 Å². The molecule has 0 aliphatic carbocycles. The molecule has 4 nitrogen and oxygen atoms in total. The van der Waals surface area contributed by atoms with Gasteiger partial charge in [-0.25, -0.2) is 0 Å². The third-order valence-electron chi connectivity index (χ3n) is 4.16. The highest BCUT2D eigenvalue weighted by Crippen LogP contribution is 2.21. The summed E-state index contributed by atoms with van der Waals surface area (Å²) < 4.78 is 0.958. The topological polar surface area (TPSA) is 58.2 Å². The number of carbonyl (C=O) groups is 2. The summed E-state index contributed by atoms with van der Waals surface area (Å²) in [5.74, 6) is -0.156. The zero-order valence-electron chi connectivity index (χ0n) is 15.6. The van der Waals surface area contributed by atoms with Crippen LogP contribution in [-0.4, -0.2) is 17.9 Å². The molecule has 0 aliphatic heterocycles. The maximum absolute atomic E-state index is 12.8. The Kier molecular flexibility index (Phi) is 6.98. The molecule has 2 N–H and O–H groups in total. The summed E-state index contributed by atoms with van der Waals surface area (Å²) in [6.07, 6.45) is 0.568. The number of hydrogen-bond donors (Lipinski definition) is 2. The van der Waals surface area contributed by atoms with Crippen molar-refractivity contribution >= 4 is 33.4 Å². The maximum atomic E-state index is 12.8. The third-order valence-corrected chi connectivity index (χ3v) is 4.66. The van der Waals surface area contributed by atoms with Crippen LogP contribution in [0.1, 0.15) is 41.8 Å². The van der Waals surface area contributed by atoms with Gasteiger partial charge < -0.3 is 10.6 Å². The summed E-state index contributed by atoms with van der Waals surface area (Å²) in [5.41, 5.74) is 3.18. The first kappa shape index (κ1) is 20.2. The molecule has 0 saturated heterocycles. The lowest BCUT2D eigenvalue weighted by molar-refractivity contribution is -0.118. The van der Waals surface area contributed by atoms with Gasteiger partial charge in [-0.2, -0.15) is 0 Å². The fourth-order valence-electron chi connectivity index (χ4n) is 2.75. The molecule has 0 fully saturated rings. The van der Waals surface area contributed by atoms with Gasteiger partial charge in [0.15, 0.2) is 0 Å². The molecule has 26 heavy (non-hydrogen) atoms. The van der Waals surface area contributed by atoms with Crippen molar-refractivity contribution in [3.05, 3.63) is 63.6 Å². The highest BCUT2D eigenvalue weighted by atomic mass is 79.9. The standard InChI is InChI=1S/C21H25BrN2O2/c1-13(2)11-19(24-20(25)17-8-6-5-7-14(17)3)21(26)23-18-10-9-16(22)12-15(18)4/h5-10,12-13,19H,11H2,1-4H3,(H,23,26)(H,24,25). The van der Waals surface area contributed by atoms with Crippen LogP contribution < -0.4 is 10.6 Å². The molecule has 2 aromatic carbocycles. The molecule has 1 unspecified atom stereocenters. The van der Waals surface area contributed by atoms with Gasteiger partial charge in [-0.3, -0.25) is 9.59 Å². The number of aryl methyl sites for hydroxylation is 2. The number of hydrogen-bond acceptors (Lipinski definition) is 2. The van der Waals surface area contributed by atoms with Crippen molar-refractivity contribution in [3.63, 3.8) is 0 Å². The molecule has 0 saturated carbocycles. The molecular weight excluding hydrogens is 392 g/mol. The Hall–Kier alpha value is -2.14. The van der Waals surface area contributed by atoms with Crippen LogP contribution in [0.15, 0.2) is 46.9 Å². The zero-order chi connectivity index (χ0) is 19.3. The molecule has 2 amide bonds. The minimum atomic E-state index is -0.592. The first-order valence-electron chi connectivity index (χ1n) is 8.71. The summed E-state index contributed by atoms with van der Waals surface area (Å²) in [5, 5.41) is 5.84. The van der Waals surface area contributed by atoms with Crippen LogP contribution in [0.3, 0.4) is 0 Å². The van der Waals surface area contributed by atoms with Gasteiger partial charge in [0.05, 0.1) is 0 Å². The first-order valence-corrected chi connectivity index (χ1v) is 9.50. The van der Waals surface area contributed by atoms with Crippen molar-refractivity contribution in [3.8, 4) is 0 Å². The van der Waals surface area contributed by atoms with Crippen molar-refractivity contribution in [1.29, 1.82) is 0 Å². The van der Waals surface area contributed by atoms with E-state index in [9.17, 15) is 9.59 Å². The van der Waals surface area contributed by atoms with Crippen LogP contribution in [0, 0.1) is 19.8 Å². The van der Waals surface area contributed by atoms with Crippen LogP contribution in [0.2, 0.25) is 0 Å². The second-order valence-electron chi connectivity index (χ2n) is 6.92. The average Bonchev–Trinajstić information content (AvgIpc) is 2.56. The number of amides is 2. The van der Waals surface area contributed by atoms with Gasteiger partial charge >= 0.3 is 0 Å². The van der Waals surface area contributed by atoms with E-state index in [4.69, 9.17) is 0 Å². The summed E-state index contributed by atoms with van der Waals surface area (Å²) in [6, 6.07) is 12.5. The van der Waals surface area contributed by atoms with Crippen LogP contribution in [-0.2, 0) is 4.79 Å². The summed E-state index contributed by atoms with van der Waals surface area (Å²) in [7, 11) is 0. The van der Waals surface area contributed by atoms with E-state index in [-0.39, 0.29) is 17.7 Å². The molecule has 138 valence electrons. The minimum absolute atomic E-state index is 0.203.